The van der Waals surface area contributed by atoms with Gasteiger partial charge in [-0.3, -0.25) is 4.57 Å². The van der Waals surface area contributed by atoms with Gasteiger partial charge in [-0.25, -0.2) is 4.98 Å². The Morgan fingerprint density at radius 3 is 3.00 bits per heavy atom. The fourth-order valence-electron chi connectivity index (χ4n) is 1.08. The molecule has 0 bridgehead atoms. The molecule has 2 rings (SSSR count). The molecule has 2 heterocycles. The number of hydrogen-bond acceptors (Lipinski definition) is 4. The summed E-state index contributed by atoms with van der Waals surface area (Å²) in [6.07, 6.45) is 5.04. The molecule has 5 nitrogen and oxygen atoms in total. The average molecular weight is 178 g/mol. The highest BCUT2D eigenvalue weighted by Gasteiger charge is 2.06. The number of imidazole rings is 1. The predicted octanol–water partition coefficient (Wildman–Crippen LogP) is 0.627. The molecule has 0 spiro atoms. The largest absolute Gasteiger partial charge is 0.431 e. The second-order valence-electron chi connectivity index (χ2n) is 2.67. The summed E-state index contributed by atoms with van der Waals surface area (Å²) in [6, 6.07) is 0.510. The third-order valence-corrected chi connectivity index (χ3v) is 1.78. The normalized spacial score (nSPS) is 10.6. The lowest BCUT2D eigenvalue weighted by molar-refractivity contribution is 0.522. The minimum atomic E-state index is 0.386. The molecule has 0 fully saturated rings. The van der Waals surface area contributed by atoms with E-state index in [4.69, 9.17) is 10.2 Å². The number of nitrogens with zero attached hydrogens (tertiary/aromatic N) is 3. The summed E-state index contributed by atoms with van der Waals surface area (Å²) in [4.78, 5) is 8.22. The molecule has 0 aromatic carbocycles. The van der Waals surface area contributed by atoms with Crippen LogP contribution in [0.1, 0.15) is 11.5 Å². The number of aryl methyl sites for hydroxylation is 1. The lowest BCUT2D eigenvalue weighted by Gasteiger charge is -1.95. The summed E-state index contributed by atoms with van der Waals surface area (Å²) in [5.41, 5.74) is 6.15. The van der Waals surface area contributed by atoms with Crippen LogP contribution in [0.25, 0.3) is 6.01 Å². The maximum absolute atomic E-state index is 5.41. The van der Waals surface area contributed by atoms with E-state index in [-0.39, 0.29) is 0 Å². The van der Waals surface area contributed by atoms with Gasteiger partial charge >= 0.3 is 6.01 Å². The van der Waals surface area contributed by atoms with Crippen molar-refractivity contribution < 1.29 is 4.42 Å². The van der Waals surface area contributed by atoms with Crippen LogP contribution in [0.3, 0.4) is 0 Å². The molecule has 0 saturated heterocycles. The van der Waals surface area contributed by atoms with Crippen molar-refractivity contribution in [3.8, 4) is 6.01 Å². The highest BCUT2D eigenvalue weighted by molar-refractivity contribution is 5.13. The van der Waals surface area contributed by atoms with Gasteiger partial charge in [0.2, 0.25) is 0 Å². The second-order valence-corrected chi connectivity index (χ2v) is 2.67. The SMILES string of the molecule is Cc1nccn1-c1nc(CN)co1. The maximum Gasteiger partial charge on any atom is 0.307 e. The highest BCUT2D eigenvalue weighted by atomic mass is 16.4. The topological polar surface area (TPSA) is 69.9 Å². The van der Waals surface area contributed by atoms with Crippen molar-refractivity contribution in [2.75, 3.05) is 0 Å². The zero-order valence-electron chi connectivity index (χ0n) is 7.27. The molecule has 0 amide bonds. The van der Waals surface area contributed by atoms with E-state index in [1.807, 2.05) is 6.92 Å². The molecule has 2 N–H and O–H groups in total. The van der Waals surface area contributed by atoms with Gasteiger partial charge < -0.3 is 10.2 Å². The Labute approximate surface area is 75.2 Å². The van der Waals surface area contributed by atoms with Crippen LogP contribution in [-0.2, 0) is 6.54 Å². The van der Waals surface area contributed by atoms with Gasteiger partial charge in [-0.15, -0.1) is 0 Å². The second kappa shape index (κ2) is 3.02. The minimum absolute atomic E-state index is 0.386. The van der Waals surface area contributed by atoms with Crippen molar-refractivity contribution in [1.29, 1.82) is 0 Å². The van der Waals surface area contributed by atoms with E-state index in [1.54, 1.807) is 23.2 Å². The van der Waals surface area contributed by atoms with E-state index in [2.05, 4.69) is 9.97 Å². The molecule has 13 heavy (non-hydrogen) atoms. The number of nitrogens with two attached hydrogens (primary N) is 1. The summed E-state index contributed by atoms with van der Waals surface area (Å²) < 4.78 is 6.98. The van der Waals surface area contributed by atoms with E-state index in [9.17, 15) is 0 Å². The van der Waals surface area contributed by atoms with Gasteiger partial charge in [-0.1, -0.05) is 0 Å². The number of rotatable bonds is 2. The molecule has 0 radical (unpaired) electrons. The highest BCUT2D eigenvalue weighted by Crippen LogP contribution is 2.09. The van der Waals surface area contributed by atoms with Crippen LogP contribution in [0.15, 0.2) is 23.1 Å². The van der Waals surface area contributed by atoms with Gasteiger partial charge in [0.1, 0.15) is 12.1 Å². The van der Waals surface area contributed by atoms with Gasteiger partial charge in [0, 0.05) is 18.9 Å². The van der Waals surface area contributed by atoms with Crippen LogP contribution in [0, 0.1) is 6.92 Å². The number of aromatic nitrogens is 3. The molecule has 0 aliphatic rings. The smallest absolute Gasteiger partial charge is 0.307 e. The minimum Gasteiger partial charge on any atom is -0.431 e. The summed E-state index contributed by atoms with van der Waals surface area (Å²) in [6.45, 7) is 2.27. The summed E-state index contributed by atoms with van der Waals surface area (Å²) in [7, 11) is 0. The van der Waals surface area contributed by atoms with Crippen LogP contribution in [-0.4, -0.2) is 14.5 Å². The lowest BCUT2D eigenvalue weighted by atomic mass is 10.5. The molecule has 68 valence electrons. The predicted molar refractivity (Wildman–Crippen MR) is 46.3 cm³/mol. The maximum atomic E-state index is 5.41. The van der Waals surface area contributed by atoms with Gasteiger partial charge in [0.05, 0.1) is 5.69 Å². The quantitative estimate of drug-likeness (QED) is 0.732. The monoisotopic (exact) mass is 178 g/mol. The van der Waals surface area contributed by atoms with Crippen LogP contribution in [0.2, 0.25) is 0 Å². The summed E-state index contributed by atoms with van der Waals surface area (Å²) in [5.74, 6) is 0.838. The van der Waals surface area contributed by atoms with E-state index >= 15 is 0 Å². The molecular weight excluding hydrogens is 168 g/mol. The fraction of sp³-hybridized carbons (Fsp3) is 0.250. The lowest BCUT2D eigenvalue weighted by Crippen LogP contribution is -1.99. The van der Waals surface area contributed by atoms with Crippen molar-refractivity contribution in [3.63, 3.8) is 0 Å². The molecule has 5 heteroatoms. The number of hydrogen-bond donors (Lipinski definition) is 1. The molecule has 0 saturated carbocycles. The Morgan fingerprint density at radius 1 is 1.62 bits per heavy atom. The van der Waals surface area contributed by atoms with E-state index in [0.29, 0.717) is 12.6 Å². The van der Waals surface area contributed by atoms with Crippen LogP contribution >= 0.6 is 0 Å². The Morgan fingerprint density at radius 2 is 2.46 bits per heavy atom. The summed E-state index contributed by atoms with van der Waals surface area (Å²) >= 11 is 0. The van der Waals surface area contributed by atoms with Crippen LogP contribution in [0.4, 0.5) is 0 Å². The van der Waals surface area contributed by atoms with E-state index in [1.165, 1.54) is 0 Å². The Hall–Kier alpha value is -1.62. The number of oxazole rings is 1. The van der Waals surface area contributed by atoms with Gasteiger partial charge in [0.25, 0.3) is 0 Å². The van der Waals surface area contributed by atoms with Crippen molar-refractivity contribution in [1.82, 2.24) is 14.5 Å². The zero-order chi connectivity index (χ0) is 9.26. The van der Waals surface area contributed by atoms with Crippen molar-refractivity contribution in [3.05, 3.63) is 30.2 Å². The summed E-state index contributed by atoms with van der Waals surface area (Å²) in [5, 5.41) is 0. The molecule has 0 aliphatic heterocycles. The molecule has 0 aliphatic carbocycles. The van der Waals surface area contributed by atoms with Gasteiger partial charge in [-0.2, -0.15) is 4.98 Å². The molecule has 0 unspecified atom stereocenters. The molecular formula is C8H10N4O. The molecule has 2 aromatic rings. The molecule has 0 atom stereocenters. The van der Waals surface area contributed by atoms with E-state index in [0.717, 1.165) is 11.5 Å². The fourth-order valence-corrected chi connectivity index (χ4v) is 1.08. The van der Waals surface area contributed by atoms with Crippen LogP contribution in [0.5, 0.6) is 0 Å². The third-order valence-electron chi connectivity index (χ3n) is 1.78. The van der Waals surface area contributed by atoms with Gasteiger partial charge in [-0.05, 0) is 6.92 Å². The van der Waals surface area contributed by atoms with Crippen molar-refractivity contribution in [2.24, 2.45) is 5.73 Å². The van der Waals surface area contributed by atoms with Gasteiger partial charge in [0.15, 0.2) is 0 Å². The Bertz CT molecular complexity index is 404. The average Bonchev–Trinajstić information content (AvgIpc) is 2.71. The molecule has 2 aromatic heterocycles. The Kier molecular flexibility index (Phi) is 1.86. The first-order valence-electron chi connectivity index (χ1n) is 3.96. The Balaban J connectivity index is 2.41. The van der Waals surface area contributed by atoms with Crippen molar-refractivity contribution >= 4 is 0 Å². The van der Waals surface area contributed by atoms with E-state index < -0.39 is 0 Å². The first kappa shape index (κ1) is 8.00. The first-order chi connectivity index (χ1) is 6.31. The standard InChI is InChI=1S/C8H10N4O/c1-6-10-2-3-12(6)8-11-7(4-9)5-13-8/h2-3,5H,4,9H2,1H3. The zero-order valence-corrected chi connectivity index (χ0v) is 7.27. The van der Waals surface area contributed by atoms with Crippen LogP contribution < -0.4 is 5.73 Å². The van der Waals surface area contributed by atoms with Crippen molar-refractivity contribution in [2.45, 2.75) is 13.5 Å². The third kappa shape index (κ3) is 1.33. The first-order valence-corrected chi connectivity index (χ1v) is 3.96.